The lowest BCUT2D eigenvalue weighted by Gasteiger charge is -2.17. The Hall–Kier alpha value is -1.80. The van der Waals surface area contributed by atoms with Gasteiger partial charge in [0.2, 0.25) is 11.8 Å². The van der Waals surface area contributed by atoms with Crippen molar-refractivity contribution in [2.75, 3.05) is 5.32 Å². The van der Waals surface area contributed by atoms with E-state index in [0.717, 1.165) is 21.3 Å². The van der Waals surface area contributed by atoms with E-state index in [-0.39, 0.29) is 18.2 Å². The van der Waals surface area contributed by atoms with E-state index in [4.69, 9.17) is 0 Å². The molecule has 2 amide bonds. The van der Waals surface area contributed by atoms with Crippen LogP contribution in [0.4, 0.5) is 5.13 Å². The molecule has 0 bridgehead atoms. The normalized spacial score (nSPS) is 11.8. The van der Waals surface area contributed by atoms with E-state index in [9.17, 15) is 9.59 Å². The van der Waals surface area contributed by atoms with Gasteiger partial charge in [0.25, 0.3) is 0 Å². The van der Waals surface area contributed by atoms with E-state index >= 15 is 0 Å². The number of nitrogens with zero attached hydrogens (tertiary/aromatic N) is 2. The molecule has 0 aliphatic heterocycles. The molecule has 0 fully saturated rings. The zero-order chi connectivity index (χ0) is 17.5. The Bertz CT molecular complexity index is 720. The third-order valence-electron chi connectivity index (χ3n) is 3.21. The first-order valence-electron chi connectivity index (χ1n) is 7.60. The Morgan fingerprint density at radius 1 is 1.33 bits per heavy atom. The molecule has 24 heavy (non-hydrogen) atoms. The summed E-state index contributed by atoms with van der Waals surface area (Å²) >= 11 is 4.73. The number of carbonyl (C=O) groups excluding carboxylic acids is 2. The van der Waals surface area contributed by atoms with Gasteiger partial charge in [0.15, 0.2) is 5.13 Å². The number of thiazole rings is 1. The molecule has 1 unspecified atom stereocenters. The molecule has 8 heteroatoms. The molecule has 0 aliphatic carbocycles. The fourth-order valence-corrected chi connectivity index (χ4v) is 3.23. The minimum atomic E-state index is -0.577. The maximum absolute atomic E-state index is 12.4. The number of halogens is 1. The molecule has 0 aliphatic rings. The van der Waals surface area contributed by atoms with Crippen molar-refractivity contribution in [3.8, 4) is 0 Å². The molecule has 2 aromatic heterocycles. The highest BCUT2D eigenvalue weighted by Crippen LogP contribution is 2.17. The second kappa shape index (κ2) is 8.89. The largest absolute Gasteiger partial charge is 0.344 e. The predicted octanol–water partition coefficient (Wildman–Crippen LogP) is 3.08. The first-order chi connectivity index (χ1) is 11.5. The fourth-order valence-electron chi connectivity index (χ4n) is 2.15. The number of hydrogen-bond acceptors (Lipinski definition) is 5. The lowest BCUT2D eigenvalue weighted by Crippen LogP contribution is -2.44. The highest BCUT2D eigenvalue weighted by molar-refractivity contribution is 9.10. The Labute approximate surface area is 153 Å². The Morgan fingerprint density at radius 2 is 2.12 bits per heavy atom. The molecule has 0 aromatic carbocycles. The summed E-state index contributed by atoms with van der Waals surface area (Å²) < 4.78 is 0.815. The van der Waals surface area contributed by atoms with E-state index in [1.807, 2.05) is 19.9 Å². The molecule has 0 saturated heterocycles. The van der Waals surface area contributed by atoms with Crippen LogP contribution in [0.3, 0.4) is 0 Å². The molecule has 2 N–H and O–H groups in total. The molecule has 1 atom stereocenters. The number of rotatable bonds is 7. The van der Waals surface area contributed by atoms with Crippen molar-refractivity contribution in [1.82, 2.24) is 15.3 Å². The Balaban J connectivity index is 1.96. The van der Waals surface area contributed by atoms with Gasteiger partial charge in [0.1, 0.15) is 6.04 Å². The molecule has 2 rings (SSSR count). The third kappa shape index (κ3) is 5.68. The van der Waals surface area contributed by atoms with Crippen molar-refractivity contribution in [3.05, 3.63) is 39.6 Å². The van der Waals surface area contributed by atoms with Crippen molar-refractivity contribution in [2.24, 2.45) is 0 Å². The van der Waals surface area contributed by atoms with E-state index in [0.29, 0.717) is 11.6 Å². The van der Waals surface area contributed by atoms with Gasteiger partial charge in [-0.1, -0.05) is 13.3 Å². The van der Waals surface area contributed by atoms with Gasteiger partial charge in [0, 0.05) is 27.9 Å². The van der Waals surface area contributed by atoms with Crippen LogP contribution in [0, 0.1) is 6.92 Å². The van der Waals surface area contributed by atoms with Crippen molar-refractivity contribution < 1.29 is 9.59 Å². The van der Waals surface area contributed by atoms with Crippen LogP contribution in [-0.4, -0.2) is 27.8 Å². The van der Waals surface area contributed by atoms with Crippen LogP contribution in [0.1, 0.15) is 30.2 Å². The molecule has 6 nitrogen and oxygen atoms in total. The number of nitrogens with one attached hydrogen (secondary N) is 2. The average Bonchev–Trinajstić information content (AvgIpc) is 2.92. The SMILES string of the molecule is CCCC(NC(=O)Cc1cncc(Br)c1)C(=O)Nc1ncc(C)s1. The zero-order valence-corrected chi connectivity index (χ0v) is 15.9. The highest BCUT2D eigenvalue weighted by Gasteiger charge is 2.21. The minimum absolute atomic E-state index is 0.177. The second-order valence-electron chi connectivity index (χ2n) is 5.36. The monoisotopic (exact) mass is 410 g/mol. The number of amides is 2. The first-order valence-corrected chi connectivity index (χ1v) is 9.21. The maximum Gasteiger partial charge on any atom is 0.248 e. The summed E-state index contributed by atoms with van der Waals surface area (Å²) in [5, 5.41) is 6.10. The summed E-state index contributed by atoms with van der Waals surface area (Å²) in [7, 11) is 0. The molecule has 0 saturated carbocycles. The van der Waals surface area contributed by atoms with E-state index in [1.165, 1.54) is 11.3 Å². The van der Waals surface area contributed by atoms with Gasteiger partial charge in [-0.3, -0.25) is 14.6 Å². The van der Waals surface area contributed by atoms with Crippen LogP contribution < -0.4 is 10.6 Å². The van der Waals surface area contributed by atoms with Crippen LogP contribution in [0.5, 0.6) is 0 Å². The van der Waals surface area contributed by atoms with Crippen LogP contribution in [0.15, 0.2) is 29.1 Å². The smallest absolute Gasteiger partial charge is 0.248 e. The topological polar surface area (TPSA) is 84.0 Å². The van der Waals surface area contributed by atoms with Crippen molar-refractivity contribution in [1.29, 1.82) is 0 Å². The number of carbonyl (C=O) groups is 2. The van der Waals surface area contributed by atoms with Gasteiger partial charge in [-0.15, -0.1) is 11.3 Å². The second-order valence-corrected chi connectivity index (χ2v) is 7.51. The number of hydrogen-bond donors (Lipinski definition) is 2. The summed E-state index contributed by atoms with van der Waals surface area (Å²) in [5.74, 6) is -0.453. The summed E-state index contributed by atoms with van der Waals surface area (Å²) in [4.78, 5) is 33.8. The summed E-state index contributed by atoms with van der Waals surface area (Å²) in [6.07, 6.45) is 6.53. The molecular formula is C16H19BrN4O2S. The van der Waals surface area contributed by atoms with E-state index in [2.05, 4.69) is 36.5 Å². The number of anilines is 1. The Morgan fingerprint density at radius 3 is 2.75 bits per heavy atom. The number of aryl methyl sites for hydroxylation is 1. The van der Waals surface area contributed by atoms with Gasteiger partial charge in [0.05, 0.1) is 6.42 Å². The summed E-state index contributed by atoms with van der Waals surface area (Å²) in [6, 6.07) is 1.26. The fraction of sp³-hybridized carbons (Fsp3) is 0.375. The molecular weight excluding hydrogens is 392 g/mol. The highest BCUT2D eigenvalue weighted by atomic mass is 79.9. The van der Waals surface area contributed by atoms with Crippen LogP contribution in [0.2, 0.25) is 0 Å². The Kier molecular flexibility index (Phi) is 6.86. The van der Waals surface area contributed by atoms with Crippen LogP contribution in [-0.2, 0) is 16.0 Å². The molecule has 128 valence electrons. The van der Waals surface area contributed by atoms with E-state index in [1.54, 1.807) is 18.6 Å². The van der Waals surface area contributed by atoms with Crippen LogP contribution >= 0.6 is 27.3 Å². The first kappa shape index (κ1) is 18.5. The maximum atomic E-state index is 12.4. The third-order valence-corrected chi connectivity index (χ3v) is 4.47. The lowest BCUT2D eigenvalue weighted by molar-refractivity contribution is -0.126. The van der Waals surface area contributed by atoms with Gasteiger partial charge in [-0.25, -0.2) is 4.98 Å². The van der Waals surface area contributed by atoms with Crippen molar-refractivity contribution >= 4 is 44.2 Å². The molecule has 0 spiro atoms. The summed E-state index contributed by atoms with van der Waals surface area (Å²) in [6.45, 7) is 3.89. The van der Waals surface area contributed by atoms with Gasteiger partial charge in [-0.2, -0.15) is 0 Å². The van der Waals surface area contributed by atoms with E-state index < -0.39 is 6.04 Å². The van der Waals surface area contributed by atoms with Gasteiger partial charge in [-0.05, 0) is 40.9 Å². The van der Waals surface area contributed by atoms with Gasteiger partial charge < -0.3 is 10.6 Å². The zero-order valence-electron chi connectivity index (χ0n) is 13.5. The molecule has 2 aromatic rings. The summed E-state index contributed by atoms with van der Waals surface area (Å²) in [5.41, 5.74) is 0.785. The standard InChI is InChI=1S/C16H19BrN4O2S/c1-3-4-13(15(23)21-16-19-7-10(2)24-16)20-14(22)6-11-5-12(17)9-18-8-11/h5,7-9,13H,3-4,6H2,1-2H3,(H,20,22)(H,19,21,23). The quantitative estimate of drug-likeness (QED) is 0.734. The minimum Gasteiger partial charge on any atom is -0.344 e. The lowest BCUT2D eigenvalue weighted by atomic mass is 10.1. The molecule has 2 heterocycles. The molecule has 0 radical (unpaired) electrons. The average molecular weight is 411 g/mol. The number of pyridine rings is 1. The number of aromatic nitrogens is 2. The van der Waals surface area contributed by atoms with Crippen molar-refractivity contribution in [2.45, 2.75) is 39.2 Å². The van der Waals surface area contributed by atoms with Gasteiger partial charge >= 0.3 is 0 Å². The predicted molar refractivity (Wildman–Crippen MR) is 98.0 cm³/mol. The van der Waals surface area contributed by atoms with Crippen LogP contribution in [0.25, 0.3) is 0 Å². The van der Waals surface area contributed by atoms with Crippen molar-refractivity contribution in [3.63, 3.8) is 0 Å².